The molecule has 36 heavy (non-hydrogen) atoms. The molecule has 0 saturated carbocycles. The van der Waals surface area contributed by atoms with Crippen molar-refractivity contribution in [3.8, 4) is 17.2 Å². The molecule has 4 rings (SSSR count). The van der Waals surface area contributed by atoms with Gasteiger partial charge >= 0.3 is 0 Å². The number of rotatable bonds is 10. The molecule has 1 aliphatic heterocycles. The van der Waals surface area contributed by atoms with E-state index in [1.165, 1.54) is 22.4 Å². The highest BCUT2D eigenvalue weighted by Gasteiger charge is 2.27. The Balaban J connectivity index is 1.41. The minimum atomic E-state index is 0.612. The Morgan fingerprint density at radius 2 is 1.75 bits per heavy atom. The van der Waals surface area contributed by atoms with Crippen LogP contribution in [0.1, 0.15) is 40.8 Å². The van der Waals surface area contributed by atoms with E-state index >= 15 is 0 Å². The standard InChI is InChI=1S/C28H37ClN4O3/c1-18-13-19(2)26(22(29)14-18)33-12-8-9-21-23(32(3)31-28(21)33)10-7-11-30-17-20-15-24(34-4)27(36-6)25(16-20)35-5/h13-16,30H,7-12,17H2,1-6H3. The zero-order valence-corrected chi connectivity index (χ0v) is 23.0. The van der Waals surface area contributed by atoms with Gasteiger partial charge in [0.25, 0.3) is 0 Å². The van der Waals surface area contributed by atoms with Crippen LogP contribution >= 0.6 is 11.6 Å². The van der Waals surface area contributed by atoms with Gasteiger partial charge in [-0.3, -0.25) is 4.68 Å². The second-order valence-corrected chi connectivity index (χ2v) is 9.76. The minimum absolute atomic E-state index is 0.612. The van der Waals surface area contributed by atoms with Crippen LogP contribution in [0, 0.1) is 13.8 Å². The van der Waals surface area contributed by atoms with Gasteiger partial charge in [0.2, 0.25) is 5.75 Å². The highest BCUT2D eigenvalue weighted by molar-refractivity contribution is 6.33. The van der Waals surface area contributed by atoms with Gasteiger partial charge in [0, 0.05) is 31.4 Å². The summed E-state index contributed by atoms with van der Waals surface area (Å²) < 4.78 is 18.4. The third-order valence-electron chi connectivity index (χ3n) is 6.81. The highest BCUT2D eigenvalue weighted by atomic mass is 35.5. The molecule has 2 heterocycles. The number of ether oxygens (including phenoxy) is 3. The fraction of sp³-hybridized carbons (Fsp3) is 0.464. The molecular weight excluding hydrogens is 476 g/mol. The first kappa shape index (κ1) is 26.2. The Morgan fingerprint density at radius 3 is 2.39 bits per heavy atom. The quantitative estimate of drug-likeness (QED) is 0.361. The lowest BCUT2D eigenvalue weighted by molar-refractivity contribution is 0.323. The van der Waals surface area contributed by atoms with Crippen molar-refractivity contribution in [3.05, 3.63) is 57.2 Å². The average Bonchev–Trinajstić information content (AvgIpc) is 3.18. The molecule has 2 aromatic carbocycles. The number of anilines is 2. The number of aryl methyl sites for hydroxylation is 3. The summed E-state index contributed by atoms with van der Waals surface area (Å²) in [5.41, 5.74) is 7.20. The van der Waals surface area contributed by atoms with E-state index in [2.05, 4.69) is 41.9 Å². The van der Waals surface area contributed by atoms with Gasteiger partial charge in [-0.25, -0.2) is 0 Å². The highest BCUT2D eigenvalue weighted by Crippen LogP contribution is 2.40. The lowest BCUT2D eigenvalue weighted by Gasteiger charge is -2.30. The number of halogens is 1. The summed E-state index contributed by atoms with van der Waals surface area (Å²) in [5.74, 6) is 3.01. The first-order valence-electron chi connectivity index (χ1n) is 12.5. The maximum Gasteiger partial charge on any atom is 0.203 e. The van der Waals surface area contributed by atoms with Crippen molar-refractivity contribution in [2.24, 2.45) is 7.05 Å². The van der Waals surface area contributed by atoms with Gasteiger partial charge in [-0.1, -0.05) is 17.7 Å². The molecule has 0 spiro atoms. The van der Waals surface area contributed by atoms with E-state index in [0.29, 0.717) is 17.2 Å². The summed E-state index contributed by atoms with van der Waals surface area (Å²) in [6, 6.07) is 8.21. The zero-order chi connectivity index (χ0) is 25.8. The number of aromatic nitrogens is 2. The number of benzene rings is 2. The van der Waals surface area contributed by atoms with Crippen LogP contribution in [0.4, 0.5) is 11.5 Å². The maximum absolute atomic E-state index is 6.70. The Labute approximate surface area is 219 Å². The average molecular weight is 513 g/mol. The third kappa shape index (κ3) is 5.27. The molecule has 1 aromatic heterocycles. The Bertz CT molecular complexity index is 1180. The van der Waals surface area contributed by atoms with Crippen LogP contribution in [-0.2, 0) is 26.4 Å². The van der Waals surface area contributed by atoms with Crippen LogP contribution in [0.15, 0.2) is 24.3 Å². The third-order valence-corrected chi connectivity index (χ3v) is 7.09. The van der Waals surface area contributed by atoms with Gasteiger partial charge < -0.3 is 24.4 Å². The number of nitrogens with zero attached hydrogens (tertiary/aromatic N) is 3. The van der Waals surface area contributed by atoms with Gasteiger partial charge in [0.1, 0.15) is 0 Å². The molecular formula is C28H37ClN4O3. The molecule has 1 aliphatic rings. The van der Waals surface area contributed by atoms with Crippen LogP contribution in [0.2, 0.25) is 5.02 Å². The Morgan fingerprint density at radius 1 is 1.03 bits per heavy atom. The monoisotopic (exact) mass is 512 g/mol. The molecule has 8 heteroatoms. The van der Waals surface area contributed by atoms with E-state index in [9.17, 15) is 0 Å². The van der Waals surface area contributed by atoms with Crippen molar-refractivity contribution in [3.63, 3.8) is 0 Å². The predicted molar refractivity (Wildman–Crippen MR) is 146 cm³/mol. The van der Waals surface area contributed by atoms with Crippen molar-refractivity contribution in [2.75, 3.05) is 39.3 Å². The fourth-order valence-corrected chi connectivity index (χ4v) is 5.63. The van der Waals surface area contributed by atoms with Crippen molar-refractivity contribution in [2.45, 2.75) is 46.1 Å². The van der Waals surface area contributed by atoms with Crippen molar-refractivity contribution >= 4 is 23.1 Å². The lowest BCUT2D eigenvalue weighted by Crippen LogP contribution is -2.25. The van der Waals surface area contributed by atoms with Gasteiger partial charge in [0.05, 0.1) is 32.0 Å². The van der Waals surface area contributed by atoms with E-state index in [0.717, 1.165) is 67.4 Å². The van der Waals surface area contributed by atoms with Gasteiger partial charge in [-0.2, -0.15) is 5.10 Å². The summed E-state index contributed by atoms with van der Waals surface area (Å²) in [6.07, 6.45) is 4.13. The predicted octanol–water partition coefficient (Wildman–Crippen LogP) is 5.52. The van der Waals surface area contributed by atoms with Crippen LogP contribution < -0.4 is 24.4 Å². The molecule has 0 bridgehead atoms. The minimum Gasteiger partial charge on any atom is -0.493 e. The molecule has 0 fully saturated rings. The number of methoxy groups -OCH3 is 3. The van der Waals surface area contributed by atoms with Crippen molar-refractivity contribution in [1.29, 1.82) is 0 Å². The fourth-order valence-electron chi connectivity index (χ4n) is 5.21. The maximum atomic E-state index is 6.70. The normalized spacial score (nSPS) is 13.0. The van der Waals surface area contributed by atoms with Crippen LogP contribution in [0.3, 0.4) is 0 Å². The molecule has 194 valence electrons. The van der Waals surface area contributed by atoms with Crippen molar-refractivity contribution in [1.82, 2.24) is 15.1 Å². The number of nitrogens with one attached hydrogen (secondary N) is 1. The van der Waals surface area contributed by atoms with E-state index in [1.54, 1.807) is 21.3 Å². The molecule has 0 atom stereocenters. The molecule has 0 radical (unpaired) electrons. The number of hydrogen-bond acceptors (Lipinski definition) is 6. The molecule has 0 saturated heterocycles. The molecule has 3 aromatic rings. The van der Waals surface area contributed by atoms with Crippen LogP contribution in [0.25, 0.3) is 0 Å². The largest absolute Gasteiger partial charge is 0.493 e. The summed E-state index contributed by atoms with van der Waals surface area (Å²) in [6.45, 7) is 6.76. The molecule has 0 aliphatic carbocycles. The molecule has 7 nitrogen and oxygen atoms in total. The van der Waals surface area contributed by atoms with E-state index in [4.69, 9.17) is 30.9 Å². The van der Waals surface area contributed by atoms with Crippen molar-refractivity contribution < 1.29 is 14.2 Å². The summed E-state index contributed by atoms with van der Waals surface area (Å²) in [4.78, 5) is 2.31. The molecule has 1 N–H and O–H groups in total. The van der Waals surface area contributed by atoms with E-state index in [1.807, 2.05) is 18.2 Å². The number of fused-ring (bicyclic) bond motifs is 1. The summed E-state index contributed by atoms with van der Waals surface area (Å²) >= 11 is 6.70. The molecule has 0 amide bonds. The second kappa shape index (κ2) is 11.4. The zero-order valence-electron chi connectivity index (χ0n) is 22.2. The molecule has 0 unspecified atom stereocenters. The summed E-state index contributed by atoms with van der Waals surface area (Å²) in [5, 5.41) is 9.28. The Kier molecular flexibility index (Phi) is 8.32. The topological polar surface area (TPSA) is 60.8 Å². The van der Waals surface area contributed by atoms with E-state index in [-0.39, 0.29) is 0 Å². The van der Waals surface area contributed by atoms with Gasteiger partial charge in [-0.15, -0.1) is 0 Å². The number of hydrogen-bond donors (Lipinski definition) is 1. The first-order chi connectivity index (χ1) is 17.4. The van der Waals surface area contributed by atoms with E-state index < -0.39 is 0 Å². The van der Waals surface area contributed by atoms with Crippen LogP contribution in [0.5, 0.6) is 17.2 Å². The Hall–Kier alpha value is -2.90. The SMILES string of the molecule is COc1cc(CNCCCc2c3c(nn2C)N(c2c(C)cc(C)cc2Cl)CCC3)cc(OC)c1OC. The summed E-state index contributed by atoms with van der Waals surface area (Å²) in [7, 11) is 6.95. The van der Waals surface area contributed by atoms with Crippen LogP contribution in [-0.4, -0.2) is 44.2 Å². The van der Waals surface area contributed by atoms with Gasteiger partial charge in [0.15, 0.2) is 17.3 Å². The lowest BCUT2D eigenvalue weighted by atomic mass is 10.0. The second-order valence-electron chi connectivity index (χ2n) is 9.35. The smallest absolute Gasteiger partial charge is 0.203 e. The first-order valence-corrected chi connectivity index (χ1v) is 12.8. The van der Waals surface area contributed by atoms with Gasteiger partial charge in [-0.05, 0) is 81.0 Å².